The van der Waals surface area contributed by atoms with Gasteiger partial charge in [-0.25, -0.2) is 0 Å². The molecule has 2 atom stereocenters. The van der Waals surface area contributed by atoms with Crippen LogP contribution in [0.25, 0.3) is 0 Å². The summed E-state index contributed by atoms with van der Waals surface area (Å²) in [5.41, 5.74) is 3.08. The number of benzene rings is 1. The van der Waals surface area contributed by atoms with Crippen molar-refractivity contribution in [2.45, 2.75) is 77.3 Å². The van der Waals surface area contributed by atoms with Crippen LogP contribution in [0.3, 0.4) is 0 Å². The molecule has 1 aromatic carbocycles. The van der Waals surface area contributed by atoms with Crippen LogP contribution < -0.4 is 5.32 Å². The lowest BCUT2D eigenvalue weighted by Crippen LogP contribution is -2.41. The minimum Gasteiger partial charge on any atom is -0.311 e. The van der Waals surface area contributed by atoms with Gasteiger partial charge in [0.05, 0.1) is 0 Å². The largest absolute Gasteiger partial charge is 0.311 e. The van der Waals surface area contributed by atoms with Crippen LogP contribution in [0, 0.1) is 0 Å². The Labute approximate surface area is 132 Å². The molecular formula is C18H28BrN. The van der Waals surface area contributed by atoms with Gasteiger partial charge in [-0.05, 0) is 55.4 Å². The first-order chi connectivity index (χ1) is 9.72. The maximum absolute atomic E-state index is 3.94. The Hall–Kier alpha value is -0.340. The summed E-state index contributed by atoms with van der Waals surface area (Å²) < 4.78 is 1.22. The molecule has 1 aliphatic carbocycles. The van der Waals surface area contributed by atoms with Crippen LogP contribution in [0.5, 0.6) is 0 Å². The number of aryl methyl sites for hydroxylation is 1. The molecular weight excluding hydrogens is 310 g/mol. The number of fused-ring (bicyclic) bond motifs is 1. The van der Waals surface area contributed by atoms with E-state index in [1.807, 2.05) is 0 Å². The minimum absolute atomic E-state index is 0.678. The van der Waals surface area contributed by atoms with Gasteiger partial charge in [0.15, 0.2) is 0 Å². The van der Waals surface area contributed by atoms with Gasteiger partial charge in [0.2, 0.25) is 0 Å². The second kappa shape index (κ2) is 8.19. The molecule has 0 spiro atoms. The quantitative estimate of drug-likeness (QED) is 0.715. The summed E-state index contributed by atoms with van der Waals surface area (Å²) in [6.45, 7) is 4.59. The van der Waals surface area contributed by atoms with Crippen LogP contribution in [0.15, 0.2) is 22.7 Å². The first-order valence-corrected chi connectivity index (χ1v) is 9.05. The van der Waals surface area contributed by atoms with Gasteiger partial charge in [0.1, 0.15) is 0 Å². The zero-order valence-electron chi connectivity index (χ0n) is 12.9. The maximum Gasteiger partial charge on any atom is 0.0178 e. The van der Waals surface area contributed by atoms with Gasteiger partial charge in [-0.3, -0.25) is 0 Å². The first-order valence-electron chi connectivity index (χ1n) is 8.26. The van der Waals surface area contributed by atoms with Crippen molar-refractivity contribution in [3.8, 4) is 0 Å². The van der Waals surface area contributed by atoms with Crippen molar-refractivity contribution in [1.82, 2.24) is 5.32 Å². The van der Waals surface area contributed by atoms with Gasteiger partial charge in [-0.1, -0.05) is 55.1 Å². The highest BCUT2D eigenvalue weighted by atomic mass is 79.9. The summed E-state index contributed by atoms with van der Waals surface area (Å²) in [4.78, 5) is 0. The topological polar surface area (TPSA) is 12.0 Å². The standard InChI is InChI=1S/C18H28BrN/c1-3-5-7-17(6-4-2)20-18-11-9-14-12-16(19)10-8-15(14)13-18/h8,10,12,17-18,20H,3-7,9,11,13H2,1-2H3. The molecule has 0 radical (unpaired) electrons. The number of rotatable bonds is 7. The average Bonchev–Trinajstić information content (AvgIpc) is 2.45. The molecule has 2 unspecified atom stereocenters. The Balaban J connectivity index is 1.92. The van der Waals surface area contributed by atoms with Crippen LogP contribution in [-0.2, 0) is 12.8 Å². The van der Waals surface area contributed by atoms with Crippen LogP contribution in [0.2, 0.25) is 0 Å². The molecule has 0 fully saturated rings. The zero-order chi connectivity index (χ0) is 14.4. The number of hydrogen-bond donors (Lipinski definition) is 1. The van der Waals surface area contributed by atoms with Crippen LogP contribution in [0.1, 0.15) is 63.5 Å². The Morgan fingerprint density at radius 3 is 2.80 bits per heavy atom. The lowest BCUT2D eigenvalue weighted by Gasteiger charge is -2.30. The third kappa shape index (κ3) is 4.60. The monoisotopic (exact) mass is 337 g/mol. The van der Waals surface area contributed by atoms with E-state index in [1.165, 1.54) is 61.4 Å². The highest BCUT2D eigenvalue weighted by Gasteiger charge is 2.20. The van der Waals surface area contributed by atoms with Gasteiger partial charge in [-0.15, -0.1) is 0 Å². The molecule has 0 aliphatic heterocycles. The van der Waals surface area contributed by atoms with E-state index in [1.54, 1.807) is 5.56 Å². The molecule has 0 bridgehead atoms. The Morgan fingerprint density at radius 2 is 2.05 bits per heavy atom. The SMILES string of the molecule is CCCCC(CCC)NC1CCc2cc(Br)ccc2C1. The van der Waals surface area contributed by atoms with Crippen molar-refractivity contribution in [3.63, 3.8) is 0 Å². The van der Waals surface area contributed by atoms with Crippen molar-refractivity contribution in [2.75, 3.05) is 0 Å². The molecule has 1 N–H and O–H groups in total. The second-order valence-corrected chi connectivity index (χ2v) is 7.06. The molecule has 0 saturated carbocycles. The van der Waals surface area contributed by atoms with E-state index in [4.69, 9.17) is 0 Å². The predicted molar refractivity (Wildman–Crippen MR) is 91.3 cm³/mol. The molecule has 2 heteroatoms. The Bertz CT molecular complexity index is 416. The highest BCUT2D eigenvalue weighted by molar-refractivity contribution is 9.10. The van der Waals surface area contributed by atoms with Crippen LogP contribution in [0.4, 0.5) is 0 Å². The molecule has 2 rings (SSSR count). The maximum atomic E-state index is 3.94. The van der Waals surface area contributed by atoms with Crippen molar-refractivity contribution in [3.05, 3.63) is 33.8 Å². The third-order valence-corrected chi connectivity index (χ3v) is 4.90. The molecule has 0 saturated heterocycles. The van der Waals surface area contributed by atoms with E-state index in [9.17, 15) is 0 Å². The first kappa shape index (κ1) is 16.0. The third-order valence-electron chi connectivity index (χ3n) is 4.41. The second-order valence-electron chi connectivity index (χ2n) is 6.15. The molecule has 0 heterocycles. The summed E-state index contributed by atoms with van der Waals surface area (Å²) in [7, 11) is 0. The summed E-state index contributed by atoms with van der Waals surface area (Å²) in [5.74, 6) is 0. The van der Waals surface area contributed by atoms with E-state index >= 15 is 0 Å². The van der Waals surface area contributed by atoms with E-state index in [0.29, 0.717) is 6.04 Å². The number of nitrogens with one attached hydrogen (secondary N) is 1. The normalized spacial score (nSPS) is 19.6. The highest BCUT2D eigenvalue weighted by Crippen LogP contribution is 2.25. The van der Waals surface area contributed by atoms with E-state index in [0.717, 1.165) is 6.04 Å². The predicted octanol–water partition coefficient (Wildman–Crippen LogP) is 5.25. The average molecular weight is 338 g/mol. The zero-order valence-corrected chi connectivity index (χ0v) is 14.5. The molecule has 112 valence electrons. The molecule has 0 amide bonds. The van der Waals surface area contributed by atoms with Gasteiger partial charge < -0.3 is 5.32 Å². The lowest BCUT2D eigenvalue weighted by molar-refractivity contribution is 0.355. The Kier molecular flexibility index (Phi) is 6.57. The van der Waals surface area contributed by atoms with Gasteiger partial charge in [0.25, 0.3) is 0 Å². The summed E-state index contributed by atoms with van der Waals surface area (Å²) >= 11 is 3.58. The minimum atomic E-state index is 0.678. The summed E-state index contributed by atoms with van der Waals surface area (Å²) in [5, 5.41) is 3.94. The number of halogens is 1. The molecule has 0 aromatic heterocycles. The van der Waals surface area contributed by atoms with Crippen molar-refractivity contribution in [1.29, 1.82) is 0 Å². The van der Waals surface area contributed by atoms with Gasteiger partial charge >= 0.3 is 0 Å². The smallest absolute Gasteiger partial charge is 0.0178 e. The van der Waals surface area contributed by atoms with E-state index < -0.39 is 0 Å². The van der Waals surface area contributed by atoms with Gasteiger partial charge in [-0.2, -0.15) is 0 Å². The fraction of sp³-hybridized carbons (Fsp3) is 0.667. The Morgan fingerprint density at radius 1 is 1.20 bits per heavy atom. The molecule has 1 aromatic rings. The fourth-order valence-corrected chi connectivity index (χ4v) is 3.72. The number of unbranched alkanes of at least 4 members (excludes halogenated alkanes) is 1. The van der Waals surface area contributed by atoms with E-state index in [-0.39, 0.29) is 0 Å². The fourth-order valence-electron chi connectivity index (χ4n) is 3.31. The lowest BCUT2D eigenvalue weighted by atomic mass is 9.87. The van der Waals surface area contributed by atoms with Crippen molar-refractivity contribution in [2.24, 2.45) is 0 Å². The summed E-state index contributed by atoms with van der Waals surface area (Å²) in [6.07, 6.45) is 10.3. The van der Waals surface area contributed by atoms with Crippen molar-refractivity contribution < 1.29 is 0 Å². The van der Waals surface area contributed by atoms with Gasteiger partial charge in [0, 0.05) is 16.6 Å². The van der Waals surface area contributed by atoms with Crippen LogP contribution >= 0.6 is 15.9 Å². The summed E-state index contributed by atoms with van der Waals surface area (Å²) in [6, 6.07) is 8.18. The van der Waals surface area contributed by atoms with Crippen LogP contribution in [-0.4, -0.2) is 12.1 Å². The molecule has 20 heavy (non-hydrogen) atoms. The molecule has 1 aliphatic rings. The molecule has 1 nitrogen and oxygen atoms in total. The van der Waals surface area contributed by atoms with Crippen molar-refractivity contribution >= 4 is 15.9 Å². The van der Waals surface area contributed by atoms with E-state index in [2.05, 4.69) is 53.3 Å². The number of hydrogen-bond acceptors (Lipinski definition) is 1.